The molecule has 0 radical (unpaired) electrons. The lowest BCUT2D eigenvalue weighted by molar-refractivity contribution is -0.0521. The molecule has 4 atom stereocenters. The second-order valence-corrected chi connectivity index (χ2v) is 4.94. The number of hydrogen-bond acceptors (Lipinski definition) is 5. The summed E-state index contributed by atoms with van der Waals surface area (Å²) in [5.74, 6) is -1.95. The second-order valence-electron chi connectivity index (χ2n) is 4.94. The molecule has 0 bridgehead atoms. The molecule has 2 heterocycles. The van der Waals surface area contributed by atoms with Crippen LogP contribution in [0.2, 0.25) is 0 Å². The van der Waals surface area contributed by atoms with Gasteiger partial charge >= 0.3 is 5.69 Å². The highest BCUT2D eigenvalue weighted by molar-refractivity contribution is 5.69. The summed E-state index contributed by atoms with van der Waals surface area (Å²) in [6.07, 6.45) is -1.12. The zero-order chi connectivity index (χ0) is 15.8. The lowest BCUT2D eigenvalue weighted by atomic mass is 9.86. The molecule has 9 heteroatoms. The van der Waals surface area contributed by atoms with Crippen molar-refractivity contribution in [1.29, 1.82) is 0 Å². The molecule has 0 aromatic carbocycles. The number of alkyl halides is 1. The highest BCUT2D eigenvalue weighted by Gasteiger charge is 2.52. The van der Waals surface area contributed by atoms with Gasteiger partial charge < -0.3 is 9.94 Å². The SMILES string of the molecule is CC[C@@]1(C=NO)O[C@@H](n2cc(F)c(=O)[nH]c2=O)[C@@H](F)[C@@H]1C. The van der Waals surface area contributed by atoms with Crippen LogP contribution >= 0.6 is 0 Å². The third-order valence-electron chi connectivity index (χ3n) is 3.89. The highest BCUT2D eigenvalue weighted by Crippen LogP contribution is 2.43. The van der Waals surface area contributed by atoms with Crippen molar-refractivity contribution < 1.29 is 18.7 Å². The van der Waals surface area contributed by atoms with Crippen LogP contribution in [0.4, 0.5) is 8.78 Å². The van der Waals surface area contributed by atoms with Crippen LogP contribution in [-0.2, 0) is 4.74 Å². The first kappa shape index (κ1) is 15.4. The number of H-pyrrole nitrogens is 1. The van der Waals surface area contributed by atoms with Gasteiger partial charge in [-0.25, -0.2) is 9.18 Å². The Kier molecular flexibility index (Phi) is 3.95. The molecule has 1 aromatic heterocycles. The molecule has 1 saturated heterocycles. The molecule has 7 nitrogen and oxygen atoms in total. The molecule has 0 aliphatic carbocycles. The van der Waals surface area contributed by atoms with Gasteiger partial charge in [-0.3, -0.25) is 14.3 Å². The first-order chi connectivity index (χ1) is 9.86. The van der Waals surface area contributed by atoms with E-state index in [1.165, 1.54) is 6.92 Å². The number of nitrogens with zero attached hydrogens (tertiary/aromatic N) is 2. The average Bonchev–Trinajstić information content (AvgIpc) is 2.69. The molecule has 0 spiro atoms. The quantitative estimate of drug-likeness (QED) is 0.490. The Balaban J connectivity index is 2.50. The van der Waals surface area contributed by atoms with Crippen LogP contribution in [0.15, 0.2) is 20.9 Å². The summed E-state index contributed by atoms with van der Waals surface area (Å²) in [6.45, 7) is 3.23. The lowest BCUT2D eigenvalue weighted by Crippen LogP contribution is -2.37. The Morgan fingerprint density at radius 2 is 2.29 bits per heavy atom. The van der Waals surface area contributed by atoms with Gasteiger partial charge in [0.1, 0.15) is 5.60 Å². The van der Waals surface area contributed by atoms with E-state index in [9.17, 15) is 18.4 Å². The predicted octanol–water partition coefficient (Wildman–Crippen LogP) is 0.787. The number of aromatic amines is 1. The van der Waals surface area contributed by atoms with Gasteiger partial charge in [0.2, 0.25) is 5.82 Å². The number of aromatic nitrogens is 2. The number of oxime groups is 1. The second kappa shape index (κ2) is 5.40. The molecule has 21 heavy (non-hydrogen) atoms. The Bertz CT molecular complexity index is 671. The third kappa shape index (κ3) is 2.37. The Morgan fingerprint density at radius 3 is 2.86 bits per heavy atom. The summed E-state index contributed by atoms with van der Waals surface area (Å²) in [5.41, 5.74) is -3.38. The van der Waals surface area contributed by atoms with E-state index in [2.05, 4.69) is 5.16 Å². The van der Waals surface area contributed by atoms with E-state index in [1.807, 2.05) is 0 Å². The zero-order valence-corrected chi connectivity index (χ0v) is 11.4. The largest absolute Gasteiger partial charge is 0.411 e. The van der Waals surface area contributed by atoms with Gasteiger partial charge in [-0.1, -0.05) is 19.0 Å². The normalized spacial score (nSPS) is 32.9. The smallest absolute Gasteiger partial charge is 0.330 e. The van der Waals surface area contributed by atoms with Gasteiger partial charge in [-0.2, -0.15) is 4.39 Å². The lowest BCUT2D eigenvalue weighted by Gasteiger charge is -2.26. The highest BCUT2D eigenvalue weighted by atomic mass is 19.1. The monoisotopic (exact) mass is 303 g/mol. The molecule has 2 rings (SSSR count). The maximum Gasteiger partial charge on any atom is 0.330 e. The van der Waals surface area contributed by atoms with Crippen LogP contribution in [-0.4, -0.2) is 32.7 Å². The topological polar surface area (TPSA) is 96.7 Å². The predicted molar refractivity (Wildman–Crippen MR) is 68.8 cm³/mol. The van der Waals surface area contributed by atoms with Crippen LogP contribution < -0.4 is 11.2 Å². The standard InChI is InChI=1S/C12H15F2N3O4/c1-3-12(5-15-20)6(2)8(14)10(21-12)17-4-7(13)9(18)16-11(17)19/h4-6,8,10,20H,3H2,1-2H3,(H,16,18,19)/t6-,8-,10+,12-/m0/s1. The number of halogens is 2. The summed E-state index contributed by atoms with van der Waals surface area (Å²) in [6, 6.07) is 0. The molecule has 0 saturated carbocycles. The van der Waals surface area contributed by atoms with Crippen LogP contribution in [0.25, 0.3) is 0 Å². The van der Waals surface area contributed by atoms with Gasteiger partial charge in [0.25, 0.3) is 5.56 Å². The molecule has 1 fully saturated rings. The molecule has 1 aliphatic heterocycles. The van der Waals surface area contributed by atoms with Crippen molar-refractivity contribution in [2.75, 3.05) is 0 Å². The minimum absolute atomic E-state index is 0.287. The van der Waals surface area contributed by atoms with Gasteiger partial charge in [0.15, 0.2) is 12.4 Å². The molecule has 0 unspecified atom stereocenters. The molecule has 1 aromatic rings. The maximum absolute atomic E-state index is 14.4. The van der Waals surface area contributed by atoms with E-state index in [4.69, 9.17) is 9.94 Å². The molecular weight excluding hydrogens is 288 g/mol. The van der Waals surface area contributed by atoms with Crippen molar-refractivity contribution in [3.05, 3.63) is 32.9 Å². The van der Waals surface area contributed by atoms with Crippen molar-refractivity contribution in [3.63, 3.8) is 0 Å². The van der Waals surface area contributed by atoms with E-state index in [0.717, 1.165) is 6.21 Å². The fourth-order valence-corrected chi connectivity index (χ4v) is 2.52. The third-order valence-corrected chi connectivity index (χ3v) is 3.89. The van der Waals surface area contributed by atoms with E-state index >= 15 is 0 Å². The van der Waals surface area contributed by atoms with Gasteiger partial charge in [0.05, 0.1) is 12.4 Å². The summed E-state index contributed by atoms with van der Waals surface area (Å²) < 4.78 is 33.9. The van der Waals surface area contributed by atoms with E-state index in [-0.39, 0.29) is 6.42 Å². The molecule has 0 amide bonds. The van der Waals surface area contributed by atoms with E-state index in [1.54, 1.807) is 11.9 Å². The van der Waals surface area contributed by atoms with Gasteiger partial charge in [-0.05, 0) is 6.42 Å². The summed E-state index contributed by atoms with van der Waals surface area (Å²) >= 11 is 0. The number of nitrogens with one attached hydrogen (secondary N) is 1. The molecular formula is C12H15F2N3O4. The van der Waals surface area contributed by atoms with Crippen LogP contribution in [0.5, 0.6) is 0 Å². The number of rotatable bonds is 3. The Labute approximate surface area is 117 Å². The molecule has 116 valence electrons. The van der Waals surface area contributed by atoms with Crippen molar-refractivity contribution >= 4 is 6.21 Å². The van der Waals surface area contributed by atoms with Crippen molar-refractivity contribution in [3.8, 4) is 0 Å². The minimum atomic E-state index is -1.65. The van der Waals surface area contributed by atoms with E-state index < -0.39 is 41.0 Å². The van der Waals surface area contributed by atoms with Crippen molar-refractivity contribution in [2.45, 2.75) is 38.3 Å². The first-order valence-electron chi connectivity index (χ1n) is 6.37. The first-order valence-corrected chi connectivity index (χ1v) is 6.37. The summed E-state index contributed by atoms with van der Waals surface area (Å²) in [5, 5.41) is 11.6. The van der Waals surface area contributed by atoms with Crippen molar-refractivity contribution in [2.24, 2.45) is 11.1 Å². The van der Waals surface area contributed by atoms with Gasteiger partial charge in [-0.15, -0.1) is 0 Å². The summed E-state index contributed by atoms with van der Waals surface area (Å²) in [4.78, 5) is 24.4. The van der Waals surface area contributed by atoms with Crippen LogP contribution in [0.1, 0.15) is 26.5 Å². The molecule has 2 N–H and O–H groups in total. The molecule has 1 aliphatic rings. The summed E-state index contributed by atoms with van der Waals surface area (Å²) in [7, 11) is 0. The Morgan fingerprint density at radius 1 is 1.62 bits per heavy atom. The average molecular weight is 303 g/mol. The van der Waals surface area contributed by atoms with Crippen LogP contribution in [0, 0.1) is 11.7 Å². The van der Waals surface area contributed by atoms with Gasteiger partial charge in [0, 0.05) is 5.92 Å². The van der Waals surface area contributed by atoms with Crippen molar-refractivity contribution in [1.82, 2.24) is 9.55 Å². The number of hydrogen-bond donors (Lipinski definition) is 2. The van der Waals surface area contributed by atoms with Crippen LogP contribution in [0.3, 0.4) is 0 Å². The zero-order valence-electron chi connectivity index (χ0n) is 11.4. The fourth-order valence-electron chi connectivity index (χ4n) is 2.52. The minimum Gasteiger partial charge on any atom is -0.411 e. The maximum atomic E-state index is 14.4. The van der Waals surface area contributed by atoms with E-state index in [0.29, 0.717) is 10.8 Å². The number of ether oxygens (including phenoxy) is 1. The fraction of sp³-hybridized carbons (Fsp3) is 0.583. The Hall–Kier alpha value is -2.03.